The topological polar surface area (TPSA) is 139 Å². The number of pyridine rings is 2. The lowest BCUT2D eigenvalue weighted by Crippen LogP contribution is -2.46. The van der Waals surface area contributed by atoms with E-state index in [4.69, 9.17) is 21.0 Å². The molecule has 0 unspecified atom stereocenters. The first-order chi connectivity index (χ1) is 21.6. The van der Waals surface area contributed by atoms with Crippen molar-refractivity contribution >= 4 is 22.9 Å². The average Bonchev–Trinajstić information content (AvgIpc) is 3.44. The van der Waals surface area contributed by atoms with Crippen molar-refractivity contribution in [2.75, 3.05) is 36.8 Å². The lowest BCUT2D eigenvalue weighted by Gasteiger charge is -2.34. The summed E-state index contributed by atoms with van der Waals surface area (Å²) < 4.78 is 16.6. The van der Waals surface area contributed by atoms with Gasteiger partial charge in [0.05, 0.1) is 11.3 Å². The number of halogens is 1. The number of piperazine rings is 1. The van der Waals surface area contributed by atoms with Crippen LogP contribution in [0.3, 0.4) is 0 Å². The van der Waals surface area contributed by atoms with Crippen LogP contribution < -0.4 is 10.6 Å². The first-order valence-corrected chi connectivity index (χ1v) is 14.1. The molecule has 0 bridgehead atoms. The molecular weight excluding hydrogens is 557 g/mol. The molecule has 1 aliphatic rings. The van der Waals surface area contributed by atoms with Gasteiger partial charge in [-0.15, -0.1) is 0 Å². The number of anilines is 2. The van der Waals surface area contributed by atoms with E-state index in [1.807, 2.05) is 41.0 Å². The molecule has 11 nitrogen and oxygen atoms in total. The fraction of sp³-hybridized carbons (Fsp3) is 0.156. The van der Waals surface area contributed by atoms with Gasteiger partial charge in [-0.2, -0.15) is 10.2 Å². The van der Waals surface area contributed by atoms with Gasteiger partial charge in [0.25, 0.3) is 0 Å². The van der Waals surface area contributed by atoms with Crippen LogP contribution in [0.4, 0.5) is 16.2 Å². The van der Waals surface area contributed by atoms with Crippen LogP contribution >= 0.6 is 0 Å². The van der Waals surface area contributed by atoms with Gasteiger partial charge in [0.15, 0.2) is 11.5 Å². The molecule has 1 aliphatic heterocycles. The predicted octanol–water partition coefficient (Wildman–Crippen LogP) is 4.25. The molecule has 4 aromatic heterocycles. The van der Waals surface area contributed by atoms with Crippen LogP contribution in [0.2, 0.25) is 0 Å². The Kier molecular flexibility index (Phi) is 7.05. The maximum absolute atomic E-state index is 14.7. The van der Waals surface area contributed by atoms with Crippen molar-refractivity contribution in [3.8, 4) is 34.4 Å². The standard InChI is InChI=1S/C32H26FN11/c33-25-6-2-1-4-23(25)26-11-12-27-31(39-26)44(30(40-27)24-5-3-13-36-29(24)35)22-9-7-21(8-10-22)19-42-14-16-43(17-15-42)32-38-20-37-28(18-34)41-32/h1-13,20H,14-17,19H2,(H2,35,36). The van der Waals surface area contributed by atoms with Crippen molar-refractivity contribution < 1.29 is 4.39 Å². The summed E-state index contributed by atoms with van der Waals surface area (Å²) in [6, 6.07) is 24.1. The first-order valence-electron chi connectivity index (χ1n) is 14.1. The number of fused-ring (bicyclic) bond motifs is 1. The zero-order chi connectivity index (χ0) is 30.0. The summed E-state index contributed by atoms with van der Waals surface area (Å²) in [5, 5.41) is 9.09. The van der Waals surface area contributed by atoms with Crippen molar-refractivity contribution in [2.45, 2.75) is 6.54 Å². The quantitative estimate of drug-likeness (QED) is 0.303. The summed E-state index contributed by atoms with van der Waals surface area (Å²) in [5.41, 5.74) is 11.1. The Balaban J connectivity index is 1.18. The van der Waals surface area contributed by atoms with E-state index >= 15 is 0 Å². The maximum Gasteiger partial charge on any atom is 0.236 e. The van der Waals surface area contributed by atoms with E-state index in [0.29, 0.717) is 45.6 Å². The Hall–Kier alpha value is -5.80. The molecule has 44 heavy (non-hydrogen) atoms. The minimum Gasteiger partial charge on any atom is -0.383 e. The highest BCUT2D eigenvalue weighted by atomic mass is 19.1. The minimum absolute atomic E-state index is 0.121. The smallest absolute Gasteiger partial charge is 0.236 e. The van der Waals surface area contributed by atoms with Crippen LogP contribution in [0.15, 0.2) is 85.3 Å². The van der Waals surface area contributed by atoms with E-state index in [9.17, 15) is 4.39 Å². The van der Waals surface area contributed by atoms with Crippen LogP contribution in [0.1, 0.15) is 11.4 Å². The van der Waals surface area contributed by atoms with Gasteiger partial charge in [-0.1, -0.05) is 24.3 Å². The van der Waals surface area contributed by atoms with E-state index in [1.165, 1.54) is 12.4 Å². The Bertz CT molecular complexity index is 2010. The summed E-state index contributed by atoms with van der Waals surface area (Å²) >= 11 is 0. The van der Waals surface area contributed by atoms with Crippen LogP contribution in [-0.2, 0) is 6.54 Å². The molecule has 0 atom stereocenters. The zero-order valence-corrected chi connectivity index (χ0v) is 23.5. The van der Waals surface area contributed by atoms with Gasteiger partial charge in [0, 0.05) is 50.2 Å². The third-order valence-corrected chi connectivity index (χ3v) is 7.65. The second-order valence-electron chi connectivity index (χ2n) is 10.4. The average molecular weight is 584 g/mol. The molecule has 0 spiro atoms. The highest BCUT2D eigenvalue weighted by Gasteiger charge is 2.21. The lowest BCUT2D eigenvalue weighted by molar-refractivity contribution is 0.248. The second-order valence-corrected chi connectivity index (χ2v) is 10.4. The third kappa shape index (κ3) is 5.16. The molecule has 7 rings (SSSR count). The number of nitrogens with two attached hydrogens (primary N) is 1. The number of imidazole rings is 1. The summed E-state index contributed by atoms with van der Waals surface area (Å²) in [7, 11) is 0. The molecule has 0 saturated carbocycles. The largest absolute Gasteiger partial charge is 0.383 e. The molecule has 12 heteroatoms. The number of hydrogen-bond acceptors (Lipinski definition) is 10. The van der Waals surface area contributed by atoms with Crippen molar-refractivity contribution in [1.82, 2.24) is 39.4 Å². The summed E-state index contributed by atoms with van der Waals surface area (Å²) in [5.74, 6) is 1.27. The van der Waals surface area contributed by atoms with E-state index in [2.05, 4.69) is 41.9 Å². The van der Waals surface area contributed by atoms with Gasteiger partial charge < -0.3 is 10.6 Å². The second kappa shape index (κ2) is 11.5. The zero-order valence-electron chi connectivity index (χ0n) is 23.5. The van der Waals surface area contributed by atoms with Gasteiger partial charge in [-0.25, -0.2) is 29.3 Å². The summed E-state index contributed by atoms with van der Waals surface area (Å²) in [6.45, 7) is 3.93. The maximum atomic E-state index is 14.7. The monoisotopic (exact) mass is 583 g/mol. The normalized spacial score (nSPS) is 13.7. The fourth-order valence-corrected chi connectivity index (χ4v) is 5.42. The Morgan fingerprint density at radius 1 is 0.818 bits per heavy atom. The fourth-order valence-electron chi connectivity index (χ4n) is 5.42. The molecule has 1 saturated heterocycles. The number of nitriles is 1. The lowest BCUT2D eigenvalue weighted by atomic mass is 10.1. The molecule has 216 valence electrons. The van der Waals surface area contributed by atoms with E-state index < -0.39 is 0 Å². The summed E-state index contributed by atoms with van der Waals surface area (Å²) in [4.78, 5) is 30.8. The SMILES string of the molecule is N#Cc1ncnc(N2CCN(Cc3ccc(-n4c(-c5cccnc5N)nc5ccc(-c6ccccc6F)nc54)cc3)CC2)n1. The van der Waals surface area contributed by atoms with Gasteiger partial charge in [-0.3, -0.25) is 9.47 Å². The van der Waals surface area contributed by atoms with Crippen molar-refractivity contribution in [3.63, 3.8) is 0 Å². The minimum atomic E-state index is -0.340. The molecule has 0 radical (unpaired) electrons. The molecule has 0 aliphatic carbocycles. The Morgan fingerprint density at radius 3 is 2.39 bits per heavy atom. The van der Waals surface area contributed by atoms with E-state index in [-0.39, 0.29) is 11.6 Å². The van der Waals surface area contributed by atoms with Gasteiger partial charge in [0.1, 0.15) is 29.5 Å². The number of benzene rings is 2. The number of nitrogen functional groups attached to an aromatic ring is 1. The Labute approximate surface area is 252 Å². The van der Waals surface area contributed by atoms with Gasteiger partial charge in [-0.05, 0) is 54.1 Å². The molecule has 5 heterocycles. The van der Waals surface area contributed by atoms with Crippen LogP contribution in [0.25, 0.3) is 39.5 Å². The van der Waals surface area contributed by atoms with Crippen LogP contribution in [-0.4, -0.2) is 65.5 Å². The highest BCUT2D eigenvalue weighted by Crippen LogP contribution is 2.32. The van der Waals surface area contributed by atoms with Crippen molar-refractivity contribution in [2.24, 2.45) is 0 Å². The molecule has 2 N–H and O–H groups in total. The number of hydrogen-bond donors (Lipinski definition) is 1. The third-order valence-electron chi connectivity index (χ3n) is 7.65. The highest BCUT2D eigenvalue weighted by molar-refractivity contribution is 5.84. The Morgan fingerprint density at radius 2 is 1.61 bits per heavy atom. The van der Waals surface area contributed by atoms with E-state index in [0.717, 1.165) is 44.0 Å². The molecule has 1 fully saturated rings. The number of aromatic nitrogens is 7. The molecule has 2 aromatic carbocycles. The van der Waals surface area contributed by atoms with Crippen molar-refractivity contribution in [3.05, 3.63) is 103 Å². The molecular formula is C32H26FN11. The summed E-state index contributed by atoms with van der Waals surface area (Å²) in [6.07, 6.45) is 3.02. The predicted molar refractivity (Wildman–Crippen MR) is 164 cm³/mol. The van der Waals surface area contributed by atoms with E-state index in [1.54, 1.807) is 30.5 Å². The molecule has 6 aromatic rings. The first kappa shape index (κ1) is 27.1. The number of nitrogens with zero attached hydrogens (tertiary/aromatic N) is 10. The van der Waals surface area contributed by atoms with Crippen LogP contribution in [0.5, 0.6) is 0 Å². The van der Waals surface area contributed by atoms with Gasteiger partial charge in [0.2, 0.25) is 11.8 Å². The van der Waals surface area contributed by atoms with Crippen LogP contribution in [0, 0.1) is 17.1 Å². The molecule has 0 amide bonds. The van der Waals surface area contributed by atoms with Gasteiger partial charge >= 0.3 is 0 Å². The number of rotatable bonds is 6. The van der Waals surface area contributed by atoms with Crippen molar-refractivity contribution in [1.29, 1.82) is 5.26 Å².